The molecule has 58 heavy (non-hydrogen) atoms. The predicted molar refractivity (Wildman–Crippen MR) is 225 cm³/mol. The summed E-state index contributed by atoms with van der Waals surface area (Å²) in [4.78, 5) is 30.7. The molecule has 1 fully saturated rings. The van der Waals surface area contributed by atoms with E-state index in [0.29, 0.717) is 30.2 Å². The molecule has 312 valence electrons. The zero-order valence-corrected chi connectivity index (χ0v) is 36.0. The number of aromatic nitrogens is 2. The normalized spacial score (nSPS) is 18.2. The average Bonchev–Trinajstić information content (AvgIpc) is 3.22. The van der Waals surface area contributed by atoms with Gasteiger partial charge in [0.05, 0.1) is 46.5 Å². The highest BCUT2D eigenvalue weighted by atomic mass is 31.2. The van der Waals surface area contributed by atoms with Crippen LogP contribution in [0.1, 0.15) is 76.4 Å². The molecular weight excluding hydrogens is 757 g/mol. The third-order valence-electron chi connectivity index (χ3n) is 10.3. The Labute approximate surface area is 343 Å². The monoisotopic (exact) mass is 815 g/mol. The van der Waals surface area contributed by atoms with Crippen LogP contribution >= 0.6 is 8.53 Å². The first kappa shape index (κ1) is 44.7. The van der Waals surface area contributed by atoms with Crippen LogP contribution in [0.2, 0.25) is 0 Å². The summed E-state index contributed by atoms with van der Waals surface area (Å²) >= 11 is 0. The first-order valence-electron chi connectivity index (χ1n) is 19.7. The lowest BCUT2D eigenvalue weighted by atomic mass is 9.79. The van der Waals surface area contributed by atoms with E-state index in [9.17, 15) is 14.9 Å². The molecule has 1 aliphatic rings. The second-order valence-corrected chi connectivity index (χ2v) is 16.8. The molecule has 5 rings (SSSR count). The van der Waals surface area contributed by atoms with E-state index in [1.54, 1.807) is 27.3 Å². The molecule has 1 aromatic heterocycles. The van der Waals surface area contributed by atoms with Gasteiger partial charge in [-0.25, -0.2) is 9.46 Å². The van der Waals surface area contributed by atoms with Gasteiger partial charge in [0.25, 0.3) is 14.1 Å². The predicted octanol–water partition coefficient (Wildman–Crippen LogP) is 7.14. The van der Waals surface area contributed by atoms with Crippen molar-refractivity contribution in [2.45, 2.75) is 90.4 Å². The lowest BCUT2D eigenvalue weighted by Gasteiger charge is -2.49. The number of aryl methyl sites for hydroxylation is 1. The van der Waals surface area contributed by atoms with Gasteiger partial charge >= 0.3 is 5.69 Å². The second-order valence-electron chi connectivity index (χ2n) is 15.4. The summed E-state index contributed by atoms with van der Waals surface area (Å²) in [6, 6.07) is 28.0. The topological polar surface area (TPSA) is 141 Å². The van der Waals surface area contributed by atoms with Gasteiger partial charge in [-0.15, -0.1) is 0 Å². The molecule has 0 amide bonds. The van der Waals surface area contributed by atoms with Crippen LogP contribution in [0.25, 0.3) is 0 Å². The molecule has 1 unspecified atom stereocenters. The smallest absolute Gasteiger partial charge is 0.330 e. The molecule has 0 saturated carbocycles. The fourth-order valence-electron chi connectivity index (χ4n) is 7.34. The number of benzene rings is 3. The lowest BCUT2D eigenvalue weighted by Crippen LogP contribution is -2.61. The van der Waals surface area contributed by atoms with Crippen LogP contribution in [0.4, 0.5) is 0 Å². The number of hydrogen-bond acceptors (Lipinski definition) is 11. The molecule has 14 heteroatoms. The fourth-order valence-corrected chi connectivity index (χ4v) is 9.03. The fraction of sp³-hybridized carbons (Fsp3) is 0.477. The highest BCUT2D eigenvalue weighted by Gasteiger charge is 2.48. The van der Waals surface area contributed by atoms with Gasteiger partial charge in [-0.2, -0.15) is 5.26 Å². The Bertz CT molecular complexity index is 2010. The van der Waals surface area contributed by atoms with Crippen LogP contribution < -0.4 is 20.7 Å². The Morgan fingerprint density at radius 2 is 1.45 bits per heavy atom. The van der Waals surface area contributed by atoms with Crippen LogP contribution in [0, 0.1) is 18.3 Å². The third kappa shape index (κ3) is 10.2. The van der Waals surface area contributed by atoms with Crippen molar-refractivity contribution in [3.05, 3.63) is 128 Å². The van der Waals surface area contributed by atoms with Crippen molar-refractivity contribution in [3.8, 4) is 17.6 Å². The number of nitriles is 1. The van der Waals surface area contributed by atoms with E-state index in [1.807, 2.05) is 78.9 Å². The highest BCUT2D eigenvalue weighted by Crippen LogP contribution is 2.48. The molecule has 3 atom stereocenters. The summed E-state index contributed by atoms with van der Waals surface area (Å²) in [5.41, 5.74) is -0.501. The Kier molecular flexibility index (Phi) is 15.5. The van der Waals surface area contributed by atoms with Gasteiger partial charge in [-0.05, 0) is 89.4 Å². The molecule has 0 aliphatic carbocycles. The first-order chi connectivity index (χ1) is 27.8. The molecule has 1 N–H and O–H groups in total. The van der Waals surface area contributed by atoms with Crippen molar-refractivity contribution in [3.63, 3.8) is 0 Å². The molecule has 1 saturated heterocycles. The van der Waals surface area contributed by atoms with Crippen molar-refractivity contribution < 1.29 is 28.0 Å². The van der Waals surface area contributed by atoms with Crippen LogP contribution in [0.3, 0.4) is 0 Å². The Morgan fingerprint density at radius 3 is 1.97 bits per heavy atom. The summed E-state index contributed by atoms with van der Waals surface area (Å²) in [5, 5.41) is 9.39. The number of hydrogen-bond donors (Lipinski definition) is 1. The third-order valence-corrected chi connectivity index (χ3v) is 12.3. The molecule has 0 bridgehead atoms. The van der Waals surface area contributed by atoms with Crippen molar-refractivity contribution in [2.75, 3.05) is 47.1 Å². The van der Waals surface area contributed by atoms with Crippen molar-refractivity contribution in [1.29, 1.82) is 5.26 Å². The van der Waals surface area contributed by atoms with Gasteiger partial charge in [0, 0.05) is 43.0 Å². The minimum atomic E-state index is -1.68. The van der Waals surface area contributed by atoms with Crippen molar-refractivity contribution in [1.82, 2.24) is 19.1 Å². The maximum atomic E-state index is 13.5. The van der Waals surface area contributed by atoms with E-state index in [2.05, 4.69) is 62.2 Å². The van der Waals surface area contributed by atoms with Crippen LogP contribution in [-0.2, 0) is 24.1 Å². The van der Waals surface area contributed by atoms with Gasteiger partial charge in [0.2, 0.25) is 0 Å². The molecule has 0 radical (unpaired) electrons. The summed E-state index contributed by atoms with van der Waals surface area (Å²) < 4.78 is 42.7. The number of ether oxygens (including phenoxy) is 4. The number of methoxy groups -OCH3 is 2. The second kappa shape index (κ2) is 20.1. The lowest BCUT2D eigenvalue weighted by molar-refractivity contribution is -0.231. The van der Waals surface area contributed by atoms with E-state index in [0.717, 1.165) is 16.7 Å². The summed E-state index contributed by atoms with van der Waals surface area (Å²) in [5.74, 6) is 1.39. The van der Waals surface area contributed by atoms with Crippen LogP contribution in [-0.4, -0.2) is 90.0 Å². The quantitative estimate of drug-likeness (QED) is 0.0587. The molecule has 13 nitrogen and oxygen atoms in total. The van der Waals surface area contributed by atoms with Crippen LogP contribution in [0.5, 0.6) is 11.5 Å². The summed E-state index contributed by atoms with van der Waals surface area (Å²) in [6.45, 7) is 15.1. The van der Waals surface area contributed by atoms with Gasteiger partial charge in [0.1, 0.15) is 22.7 Å². The maximum absolute atomic E-state index is 13.5. The SMILES string of the molecule is COc1ccc(C(OC[C@@]2(COP(OCCC#N)N(C(C)C)C(C)C)CN(C(C)C)C[C@H](n3cc(C)c(=O)[nH]c3=O)O2)(c2ccccc2)c2ccc(OC)cc2)cc1. The number of H-pyrrole nitrogens is 1. The summed E-state index contributed by atoms with van der Waals surface area (Å²) in [6.07, 6.45) is 0.928. The Balaban J connectivity index is 1.71. The van der Waals surface area contributed by atoms with Crippen molar-refractivity contribution >= 4 is 8.53 Å². The van der Waals surface area contributed by atoms with E-state index < -0.39 is 37.2 Å². The zero-order valence-electron chi connectivity index (χ0n) is 35.1. The van der Waals surface area contributed by atoms with E-state index >= 15 is 0 Å². The molecular formula is C44H58N5O8P. The molecule has 3 aromatic carbocycles. The maximum Gasteiger partial charge on any atom is 0.330 e. The molecule has 0 spiro atoms. The first-order valence-corrected chi connectivity index (χ1v) is 20.8. The van der Waals surface area contributed by atoms with Gasteiger partial charge < -0.3 is 28.0 Å². The number of rotatable bonds is 19. The van der Waals surface area contributed by atoms with Gasteiger partial charge in [-0.1, -0.05) is 54.6 Å². The van der Waals surface area contributed by atoms with E-state index in [4.69, 9.17) is 28.0 Å². The minimum absolute atomic E-state index is 0.00803. The molecule has 4 aromatic rings. The number of aromatic amines is 1. The number of morpholine rings is 1. The largest absolute Gasteiger partial charge is 0.497 e. The highest BCUT2D eigenvalue weighted by molar-refractivity contribution is 7.44. The standard InChI is InChI=1S/C44H58N5O8P/c1-31(2)47-27-40(48-26-34(7)41(50)46-42(48)51)57-43(28-47,30-56-58(55-25-13-24-45)49(32(3)4)33(5)6)29-54-44(35-14-11-10-12-15-35,36-16-20-38(52-8)21-17-36)37-18-22-39(53-9)23-19-37/h10-12,14-23,26,31-33,40H,13,25,27-30H2,1-9H3,(H,46,50,51)/t40-,43-,58?/m1/s1. The molecule has 2 heterocycles. The van der Waals surface area contributed by atoms with Gasteiger partial charge in [-0.3, -0.25) is 19.2 Å². The Morgan fingerprint density at radius 1 is 0.879 bits per heavy atom. The minimum Gasteiger partial charge on any atom is -0.497 e. The van der Waals surface area contributed by atoms with Crippen LogP contribution in [0.15, 0.2) is 94.6 Å². The average molecular weight is 816 g/mol. The zero-order chi connectivity index (χ0) is 42.0. The van der Waals surface area contributed by atoms with Crippen molar-refractivity contribution in [2.24, 2.45) is 0 Å². The molecule has 1 aliphatic heterocycles. The number of nitrogens with one attached hydrogen (secondary N) is 1. The summed E-state index contributed by atoms with van der Waals surface area (Å²) in [7, 11) is 1.58. The Hall–Kier alpha value is -4.38. The number of nitrogens with zero attached hydrogens (tertiary/aromatic N) is 4. The van der Waals surface area contributed by atoms with E-state index in [-0.39, 0.29) is 44.4 Å². The van der Waals surface area contributed by atoms with Gasteiger partial charge in [0.15, 0.2) is 6.23 Å². The van der Waals surface area contributed by atoms with E-state index in [1.165, 1.54) is 4.57 Å².